The van der Waals surface area contributed by atoms with E-state index in [2.05, 4.69) is 5.32 Å². The lowest BCUT2D eigenvalue weighted by Crippen LogP contribution is -2.21. The summed E-state index contributed by atoms with van der Waals surface area (Å²) >= 11 is 0. The minimum Gasteiger partial charge on any atom is -0.490 e. The summed E-state index contributed by atoms with van der Waals surface area (Å²) in [6.45, 7) is 8.26. The highest BCUT2D eigenvalue weighted by molar-refractivity contribution is 5.92. The molecule has 0 heterocycles. The number of halogens is 1. The fourth-order valence-corrected chi connectivity index (χ4v) is 2.64. The van der Waals surface area contributed by atoms with Crippen LogP contribution in [0.15, 0.2) is 36.4 Å². The van der Waals surface area contributed by atoms with Crippen LogP contribution >= 0.6 is 12.4 Å². The SMILES string of the molecule is CCOc1cc(CC(C)N)ccc1OCC(=O)Nc1cc(C)ccc1C.Cl. The highest BCUT2D eigenvalue weighted by atomic mass is 35.5. The molecule has 0 bridgehead atoms. The van der Waals surface area contributed by atoms with Gasteiger partial charge in [0.15, 0.2) is 18.1 Å². The van der Waals surface area contributed by atoms with Crippen molar-refractivity contribution in [2.45, 2.75) is 40.2 Å². The average molecular weight is 393 g/mol. The van der Waals surface area contributed by atoms with Crippen LogP contribution in [0.2, 0.25) is 0 Å². The molecule has 1 atom stereocenters. The first-order chi connectivity index (χ1) is 12.4. The summed E-state index contributed by atoms with van der Waals surface area (Å²) in [6, 6.07) is 11.7. The van der Waals surface area contributed by atoms with Gasteiger partial charge in [0.1, 0.15) is 0 Å². The van der Waals surface area contributed by atoms with Crippen LogP contribution < -0.4 is 20.5 Å². The summed E-state index contributed by atoms with van der Waals surface area (Å²) in [5, 5.41) is 2.89. The monoisotopic (exact) mass is 392 g/mol. The van der Waals surface area contributed by atoms with E-state index < -0.39 is 0 Å². The van der Waals surface area contributed by atoms with Gasteiger partial charge in [0, 0.05) is 11.7 Å². The van der Waals surface area contributed by atoms with Crippen molar-refractivity contribution in [1.29, 1.82) is 0 Å². The lowest BCUT2D eigenvalue weighted by Gasteiger charge is -2.15. The molecular weight excluding hydrogens is 364 g/mol. The quantitative estimate of drug-likeness (QED) is 0.711. The van der Waals surface area contributed by atoms with Crippen molar-refractivity contribution in [3.8, 4) is 11.5 Å². The van der Waals surface area contributed by atoms with E-state index in [1.807, 2.05) is 64.1 Å². The van der Waals surface area contributed by atoms with Crippen molar-refractivity contribution in [3.05, 3.63) is 53.1 Å². The molecule has 6 heteroatoms. The minimum absolute atomic E-state index is 0. The van der Waals surface area contributed by atoms with Gasteiger partial charge in [0.05, 0.1) is 6.61 Å². The Bertz CT molecular complexity index is 763. The summed E-state index contributed by atoms with van der Waals surface area (Å²) in [5.74, 6) is 0.974. The second kappa shape index (κ2) is 10.8. The first-order valence-electron chi connectivity index (χ1n) is 8.90. The predicted octanol–water partition coefficient (Wildman–Crippen LogP) is 4.03. The van der Waals surface area contributed by atoms with E-state index in [-0.39, 0.29) is 31.0 Å². The van der Waals surface area contributed by atoms with Gasteiger partial charge in [-0.1, -0.05) is 18.2 Å². The van der Waals surface area contributed by atoms with Crippen molar-refractivity contribution in [1.82, 2.24) is 0 Å². The third-order valence-electron chi connectivity index (χ3n) is 3.89. The van der Waals surface area contributed by atoms with Crippen LogP contribution in [0.5, 0.6) is 11.5 Å². The van der Waals surface area contributed by atoms with Gasteiger partial charge in [-0.05, 0) is 69.0 Å². The number of benzene rings is 2. The van der Waals surface area contributed by atoms with Gasteiger partial charge in [-0.2, -0.15) is 0 Å². The molecule has 0 aliphatic heterocycles. The molecule has 0 saturated carbocycles. The van der Waals surface area contributed by atoms with Crippen LogP contribution in [-0.2, 0) is 11.2 Å². The van der Waals surface area contributed by atoms with E-state index in [0.29, 0.717) is 18.1 Å². The number of hydrogen-bond donors (Lipinski definition) is 2. The highest BCUT2D eigenvalue weighted by Crippen LogP contribution is 2.29. The van der Waals surface area contributed by atoms with Crippen molar-refractivity contribution < 1.29 is 14.3 Å². The maximum Gasteiger partial charge on any atom is 0.262 e. The number of anilines is 1. The average Bonchev–Trinajstić information content (AvgIpc) is 2.57. The van der Waals surface area contributed by atoms with Gasteiger partial charge in [0.25, 0.3) is 5.91 Å². The summed E-state index contributed by atoms with van der Waals surface area (Å²) in [7, 11) is 0. The molecule has 0 aromatic heterocycles. The Morgan fingerprint density at radius 3 is 2.52 bits per heavy atom. The summed E-state index contributed by atoms with van der Waals surface area (Å²) in [5.41, 5.74) is 9.84. The number of carbonyl (C=O) groups excluding carboxylic acids is 1. The molecule has 27 heavy (non-hydrogen) atoms. The van der Waals surface area contributed by atoms with Crippen molar-refractivity contribution in [2.24, 2.45) is 5.73 Å². The summed E-state index contributed by atoms with van der Waals surface area (Å²) < 4.78 is 11.3. The normalized spacial score (nSPS) is 11.3. The van der Waals surface area contributed by atoms with Gasteiger partial charge in [-0.3, -0.25) is 4.79 Å². The lowest BCUT2D eigenvalue weighted by atomic mass is 10.1. The minimum atomic E-state index is -0.208. The number of ether oxygens (including phenoxy) is 2. The molecule has 3 N–H and O–H groups in total. The lowest BCUT2D eigenvalue weighted by molar-refractivity contribution is -0.118. The van der Waals surface area contributed by atoms with Crippen molar-refractivity contribution >= 4 is 24.0 Å². The molecule has 0 fully saturated rings. The number of carbonyl (C=O) groups is 1. The van der Waals surface area contributed by atoms with Gasteiger partial charge in [-0.25, -0.2) is 0 Å². The zero-order valence-corrected chi connectivity index (χ0v) is 17.2. The van der Waals surface area contributed by atoms with Gasteiger partial charge < -0.3 is 20.5 Å². The molecule has 2 aromatic carbocycles. The van der Waals surface area contributed by atoms with Crippen molar-refractivity contribution in [2.75, 3.05) is 18.5 Å². The predicted molar refractivity (Wildman–Crippen MR) is 112 cm³/mol. The summed E-state index contributed by atoms with van der Waals surface area (Å²) in [4.78, 5) is 12.2. The smallest absolute Gasteiger partial charge is 0.262 e. The zero-order chi connectivity index (χ0) is 19.1. The standard InChI is InChI=1S/C21H28N2O3.ClH/c1-5-25-20-12-17(11-16(4)22)8-9-19(20)26-13-21(24)23-18-10-14(2)6-7-15(18)3;/h6-10,12,16H,5,11,13,22H2,1-4H3,(H,23,24);1H. The van der Waals surface area contributed by atoms with Gasteiger partial charge in [0.2, 0.25) is 0 Å². The number of aryl methyl sites for hydroxylation is 2. The molecule has 0 aliphatic carbocycles. The van der Waals surface area contributed by atoms with Crippen LogP contribution in [-0.4, -0.2) is 25.2 Å². The third kappa shape index (κ3) is 7.12. The molecule has 0 radical (unpaired) electrons. The van der Waals surface area contributed by atoms with E-state index in [4.69, 9.17) is 15.2 Å². The van der Waals surface area contributed by atoms with Crippen LogP contribution in [0.25, 0.3) is 0 Å². The van der Waals surface area contributed by atoms with Crippen LogP contribution in [0.1, 0.15) is 30.5 Å². The maximum absolute atomic E-state index is 12.2. The fourth-order valence-electron chi connectivity index (χ4n) is 2.64. The molecular formula is C21H29ClN2O3. The number of amides is 1. The second-order valence-corrected chi connectivity index (χ2v) is 6.55. The Morgan fingerprint density at radius 2 is 1.85 bits per heavy atom. The number of nitrogens with two attached hydrogens (primary N) is 1. The van der Waals surface area contributed by atoms with Crippen LogP contribution in [0.4, 0.5) is 5.69 Å². The Balaban J connectivity index is 0.00000364. The molecule has 1 unspecified atom stereocenters. The van der Waals surface area contributed by atoms with Crippen LogP contribution in [0, 0.1) is 13.8 Å². The van der Waals surface area contributed by atoms with Gasteiger partial charge in [-0.15, -0.1) is 12.4 Å². The molecule has 5 nitrogen and oxygen atoms in total. The number of hydrogen-bond acceptors (Lipinski definition) is 4. The van der Waals surface area contributed by atoms with E-state index in [0.717, 1.165) is 28.8 Å². The van der Waals surface area contributed by atoms with E-state index in [1.54, 1.807) is 0 Å². The first-order valence-corrected chi connectivity index (χ1v) is 8.90. The third-order valence-corrected chi connectivity index (χ3v) is 3.89. The Kier molecular flexibility index (Phi) is 9.12. The number of nitrogens with one attached hydrogen (secondary N) is 1. The second-order valence-electron chi connectivity index (χ2n) is 6.55. The summed E-state index contributed by atoms with van der Waals surface area (Å²) in [6.07, 6.45) is 0.757. The molecule has 148 valence electrons. The van der Waals surface area contributed by atoms with Gasteiger partial charge >= 0.3 is 0 Å². The topological polar surface area (TPSA) is 73.6 Å². The molecule has 1 amide bonds. The Hall–Kier alpha value is -2.24. The van der Waals surface area contributed by atoms with E-state index in [9.17, 15) is 4.79 Å². The largest absolute Gasteiger partial charge is 0.490 e. The fraction of sp³-hybridized carbons (Fsp3) is 0.381. The molecule has 0 aliphatic rings. The van der Waals surface area contributed by atoms with E-state index >= 15 is 0 Å². The Labute approximate surface area is 167 Å². The zero-order valence-electron chi connectivity index (χ0n) is 16.4. The molecule has 2 aromatic rings. The molecule has 0 spiro atoms. The number of rotatable bonds is 8. The highest BCUT2D eigenvalue weighted by Gasteiger charge is 2.11. The maximum atomic E-state index is 12.2. The van der Waals surface area contributed by atoms with Crippen LogP contribution in [0.3, 0.4) is 0 Å². The Morgan fingerprint density at radius 1 is 1.11 bits per heavy atom. The molecule has 0 saturated heterocycles. The molecule has 2 rings (SSSR count). The van der Waals surface area contributed by atoms with Crippen molar-refractivity contribution in [3.63, 3.8) is 0 Å². The first kappa shape index (κ1) is 22.8. The van der Waals surface area contributed by atoms with E-state index in [1.165, 1.54) is 0 Å².